The van der Waals surface area contributed by atoms with Gasteiger partial charge in [-0.3, -0.25) is 4.79 Å². The van der Waals surface area contributed by atoms with Gasteiger partial charge in [0, 0.05) is 60.7 Å². The fraction of sp³-hybridized carbons (Fsp3) is 0.423. The number of hydrogen-bond acceptors (Lipinski definition) is 4. The maximum atomic E-state index is 13.5. The third-order valence-electron chi connectivity index (χ3n) is 7.38. The second kappa shape index (κ2) is 9.94. The molecule has 4 rings (SSSR count). The van der Waals surface area contributed by atoms with E-state index < -0.39 is 6.09 Å². The highest BCUT2D eigenvalue weighted by atomic mass is 35.5. The summed E-state index contributed by atoms with van der Waals surface area (Å²) in [5, 5.41) is 21.3. The first-order valence-electron chi connectivity index (χ1n) is 11.6. The molecule has 178 valence electrons. The van der Waals surface area contributed by atoms with Crippen LogP contribution in [0.4, 0.5) is 10.5 Å². The van der Waals surface area contributed by atoms with E-state index in [0.29, 0.717) is 23.7 Å². The number of benzene rings is 2. The molecule has 2 amide bonds. The van der Waals surface area contributed by atoms with E-state index in [-0.39, 0.29) is 29.7 Å². The maximum absolute atomic E-state index is 13.5. The molecular formula is C26H29ClN4O3. The van der Waals surface area contributed by atoms with Crippen LogP contribution in [0.5, 0.6) is 0 Å². The van der Waals surface area contributed by atoms with Crippen molar-refractivity contribution in [3.8, 4) is 6.07 Å². The highest BCUT2D eigenvalue weighted by Crippen LogP contribution is 2.40. The van der Waals surface area contributed by atoms with Crippen LogP contribution < -0.4 is 10.2 Å². The molecule has 2 aliphatic rings. The number of nitriles is 1. The van der Waals surface area contributed by atoms with E-state index >= 15 is 0 Å². The van der Waals surface area contributed by atoms with Crippen LogP contribution in [0.15, 0.2) is 48.5 Å². The number of rotatable bonds is 5. The monoisotopic (exact) mass is 480 g/mol. The smallest absolute Gasteiger partial charge is 0.404 e. The minimum atomic E-state index is -1.06. The normalized spacial score (nSPS) is 22.9. The summed E-state index contributed by atoms with van der Waals surface area (Å²) < 4.78 is 0. The molecule has 2 aromatic rings. The van der Waals surface area contributed by atoms with E-state index in [4.69, 9.17) is 22.0 Å². The molecule has 0 unspecified atom stereocenters. The van der Waals surface area contributed by atoms with Gasteiger partial charge in [0.1, 0.15) is 0 Å². The van der Waals surface area contributed by atoms with Crippen molar-refractivity contribution in [2.45, 2.75) is 25.2 Å². The van der Waals surface area contributed by atoms with Gasteiger partial charge in [-0.25, -0.2) is 4.79 Å². The fourth-order valence-electron chi connectivity index (χ4n) is 5.27. The topological polar surface area (TPSA) is 96.7 Å². The van der Waals surface area contributed by atoms with Gasteiger partial charge in [-0.2, -0.15) is 5.26 Å². The average molecular weight is 481 g/mol. The van der Waals surface area contributed by atoms with Crippen molar-refractivity contribution < 1.29 is 14.7 Å². The molecule has 2 heterocycles. The predicted octanol–water partition coefficient (Wildman–Crippen LogP) is 4.11. The standard InChI is InChI=1S/C26H29ClN4O3/c1-26(20-4-6-22(27)7-5-20)17-31(16-21(26)15-29-25(33)34)24(32)19-10-12-30(13-11-19)23-8-2-18(14-28)3-9-23/h2-9,19,21,29H,10-13,15-17H2,1H3,(H,33,34)/t21-,26-/m0/s1. The molecule has 0 bridgehead atoms. The summed E-state index contributed by atoms with van der Waals surface area (Å²) in [5.41, 5.74) is 2.39. The third kappa shape index (κ3) is 4.97. The Kier molecular flexibility index (Phi) is 6.99. The number of nitrogens with one attached hydrogen (secondary N) is 1. The molecule has 2 atom stereocenters. The minimum Gasteiger partial charge on any atom is -0.465 e. The van der Waals surface area contributed by atoms with Crippen LogP contribution >= 0.6 is 11.6 Å². The predicted molar refractivity (Wildman–Crippen MR) is 131 cm³/mol. The van der Waals surface area contributed by atoms with Crippen LogP contribution in [0.3, 0.4) is 0 Å². The number of carbonyl (C=O) groups excluding carboxylic acids is 1. The highest BCUT2D eigenvalue weighted by Gasteiger charge is 2.46. The Morgan fingerprint density at radius 2 is 1.79 bits per heavy atom. The van der Waals surface area contributed by atoms with E-state index in [1.165, 1.54) is 0 Å². The molecule has 2 fully saturated rings. The summed E-state index contributed by atoms with van der Waals surface area (Å²) in [5.74, 6) is 0.0697. The van der Waals surface area contributed by atoms with E-state index in [2.05, 4.69) is 23.2 Å². The molecule has 0 aliphatic carbocycles. The molecule has 2 saturated heterocycles. The van der Waals surface area contributed by atoms with E-state index in [1.807, 2.05) is 53.4 Å². The maximum Gasteiger partial charge on any atom is 0.404 e. The SMILES string of the molecule is C[C@@]1(c2ccc(Cl)cc2)CN(C(=O)C2CCN(c3ccc(C#N)cc3)CC2)C[C@@H]1CNC(=O)O. The second-order valence-electron chi connectivity index (χ2n) is 9.45. The lowest BCUT2D eigenvalue weighted by atomic mass is 9.74. The van der Waals surface area contributed by atoms with E-state index in [9.17, 15) is 9.59 Å². The zero-order valence-corrected chi connectivity index (χ0v) is 20.0. The lowest BCUT2D eigenvalue weighted by molar-refractivity contribution is -0.135. The summed E-state index contributed by atoms with van der Waals surface area (Å²) >= 11 is 6.08. The summed E-state index contributed by atoms with van der Waals surface area (Å²) in [7, 11) is 0. The van der Waals surface area contributed by atoms with Crippen molar-refractivity contribution in [2.75, 3.05) is 37.6 Å². The molecule has 2 N–H and O–H groups in total. The molecule has 8 heteroatoms. The van der Waals surface area contributed by atoms with Gasteiger partial charge in [-0.05, 0) is 54.8 Å². The summed E-state index contributed by atoms with van der Waals surface area (Å²) in [6.07, 6.45) is 0.481. The van der Waals surface area contributed by atoms with Gasteiger partial charge in [-0.15, -0.1) is 0 Å². The number of nitrogens with zero attached hydrogens (tertiary/aromatic N) is 3. The van der Waals surface area contributed by atoms with Crippen LogP contribution in [-0.4, -0.2) is 54.7 Å². The summed E-state index contributed by atoms with van der Waals surface area (Å²) in [6, 6.07) is 17.3. The van der Waals surface area contributed by atoms with E-state index in [0.717, 1.165) is 37.2 Å². The zero-order valence-electron chi connectivity index (χ0n) is 19.2. The number of carboxylic acid groups (broad SMARTS) is 1. The second-order valence-corrected chi connectivity index (χ2v) is 9.88. The van der Waals surface area contributed by atoms with Crippen molar-refractivity contribution in [2.24, 2.45) is 11.8 Å². The lowest BCUT2D eigenvalue weighted by Gasteiger charge is -2.35. The van der Waals surface area contributed by atoms with Crippen molar-refractivity contribution in [1.82, 2.24) is 10.2 Å². The number of anilines is 1. The molecule has 2 aromatic carbocycles. The number of halogens is 1. The number of piperidine rings is 1. The van der Waals surface area contributed by atoms with Crippen molar-refractivity contribution in [3.05, 3.63) is 64.7 Å². The zero-order chi connectivity index (χ0) is 24.3. The quantitative estimate of drug-likeness (QED) is 0.671. The molecule has 0 aromatic heterocycles. The van der Waals surface area contributed by atoms with Gasteiger partial charge in [0.2, 0.25) is 5.91 Å². The molecular weight excluding hydrogens is 452 g/mol. The Balaban J connectivity index is 1.44. The Morgan fingerprint density at radius 3 is 2.38 bits per heavy atom. The van der Waals surface area contributed by atoms with Gasteiger partial charge >= 0.3 is 6.09 Å². The van der Waals surface area contributed by atoms with Crippen molar-refractivity contribution in [3.63, 3.8) is 0 Å². The van der Waals surface area contributed by atoms with Crippen LogP contribution in [-0.2, 0) is 10.2 Å². The van der Waals surface area contributed by atoms with Crippen molar-refractivity contribution >= 4 is 29.3 Å². The Bertz CT molecular complexity index is 1070. The number of hydrogen-bond donors (Lipinski definition) is 2. The fourth-order valence-corrected chi connectivity index (χ4v) is 5.40. The number of carbonyl (C=O) groups is 2. The van der Waals surface area contributed by atoms with Crippen molar-refractivity contribution in [1.29, 1.82) is 5.26 Å². The van der Waals surface area contributed by atoms with Crippen LogP contribution in [0.1, 0.15) is 30.9 Å². The first kappa shape index (κ1) is 23.9. The Morgan fingerprint density at radius 1 is 1.15 bits per heavy atom. The molecule has 0 saturated carbocycles. The lowest BCUT2D eigenvalue weighted by Crippen LogP contribution is -2.42. The van der Waals surface area contributed by atoms with Gasteiger partial charge in [0.25, 0.3) is 0 Å². The van der Waals surface area contributed by atoms with Crippen LogP contribution in [0, 0.1) is 23.2 Å². The largest absolute Gasteiger partial charge is 0.465 e. The Hall–Kier alpha value is -3.24. The molecule has 0 spiro atoms. The number of amides is 2. The molecule has 7 nitrogen and oxygen atoms in total. The highest BCUT2D eigenvalue weighted by molar-refractivity contribution is 6.30. The Labute approximate surface area is 204 Å². The molecule has 2 aliphatic heterocycles. The summed E-state index contributed by atoms with van der Waals surface area (Å²) in [4.78, 5) is 28.8. The van der Waals surface area contributed by atoms with Gasteiger partial charge in [-0.1, -0.05) is 30.7 Å². The van der Waals surface area contributed by atoms with Crippen LogP contribution in [0.2, 0.25) is 5.02 Å². The first-order chi connectivity index (χ1) is 16.3. The molecule has 34 heavy (non-hydrogen) atoms. The third-order valence-corrected chi connectivity index (χ3v) is 7.63. The van der Waals surface area contributed by atoms with E-state index in [1.54, 1.807) is 0 Å². The van der Waals surface area contributed by atoms with Gasteiger partial charge in [0.05, 0.1) is 11.6 Å². The van der Waals surface area contributed by atoms with Gasteiger partial charge < -0.3 is 20.2 Å². The van der Waals surface area contributed by atoms with Crippen LogP contribution in [0.25, 0.3) is 0 Å². The number of likely N-dealkylation sites (tertiary alicyclic amines) is 1. The summed E-state index contributed by atoms with van der Waals surface area (Å²) in [6.45, 7) is 5.03. The van der Waals surface area contributed by atoms with Gasteiger partial charge in [0.15, 0.2) is 0 Å². The average Bonchev–Trinajstić information content (AvgIpc) is 3.20. The first-order valence-corrected chi connectivity index (χ1v) is 11.9. The minimum absolute atomic E-state index is 0.0348. The molecule has 0 radical (unpaired) electrons.